The summed E-state index contributed by atoms with van der Waals surface area (Å²) in [6, 6.07) is 5.54. The molecular weight excluding hydrogens is 322 g/mol. The van der Waals surface area contributed by atoms with E-state index < -0.39 is 10.0 Å². The van der Waals surface area contributed by atoms with Crippen molar-refractivity contribution in [1.29, 1.82) is 0 Å². The summed E-state index contributed by atoms with van der Waals surface area (Å²) in [5, 5.41) is 4.90. The molecule has 22 heavy (non-hydrogen) atoms. The first kappa shape index (κ1) is 17.1. The maximum absolute atomic E-state index is 13.0. The first-order valence-corrected chi connectivity index (χ1v) is 8.51. The van der Waals surface area contributed by atoms with Gasteiger partial charge in [-0.2, -0.15) is 4.31 Å². The lowest BCUT2D eigenvalue weighted by Crippen LogP contribution is -2.51. The van der Waals surface area contributed by atoms with E-state index in [0.717, 1.165) is 16.3 Å². The monoisotopic (exact) mass is 341 g/mol. The Labute approximate surface area is 137 Å². The van der Waals surface area contributed by atoms with Gasteiger partial charge in [-0.3, -0.25) is 4.98 Å². The maximum Gasteiger partial charge on any atom is 0.243 e. The van der Waals surface area contributed by atoms with Gasteiger partial charge in [0.2, 0.25) is 10.0 Å². The van der Waals surface area contributed by atoms with Crippen molar-refractivity contribution in [2.45, 2.75) is 24.8 Å². The van der Waals surface area contributed by atoms with Crippen molar-refractivity contribution >= 4 is 33.2 Å². The van der Waals surface area contributed by atoms with Crippen LogP contribution >= 0.6 is 12.4 Å². The Kier molecular flexibility index (Phi) is 5.07. The van der Waals surface area contributed by atoms with Gasteiger partial charge in [0, 0.05) is 48.8 Å². The molecule has 3 rings (SSSR count). The van der Waals surface area contributed by atoms with Gasteiger partial charge >= 0.3 is 0 Å². The molecule has 5 nitrogen and oxygen atoms in total. The topological polar surface area (TPSA) is 62.3 Å². The summed E-state index contributed by atoms with van der Waals surface area (Å²) >= 11 is 0. The quantitative estimate of drug-likeness (QED) is 0.907. The molecule has 7 heteroatoms. The lowest BCUT2D eigenvalue weighted by Gasteiger charge is -2.31. The van der Waals surface area contributed by atoms with Crippen LogP contribution < -0.4 is 5.32 Å². The first-order chi connectivity index (χ1) is 10.00. The van der Waals surface area contributed by atoms with Gasteiger partial charge in [0.1, 0.15) is 0 Å². The smallest absolute Gasteiger partial charge is 0.243 e. The average Bonchev–Trinajstić information content (AvgIpc) is 2.47. The SMILES string of the molecule is Cc1cncc2cccc(S(=O)(=O)N3CCN[C@H](C)C3)c12.Cl. The summed E-state index contributed by atoms with van der Waals surface area (Å²) in [5.41, 5.74) is 0.884. The van der Waals surface area contributed by atoms with E-state index in [1.165, 1.54) is 0 Å². The number of aryl methyl sites for hydroxylation is 1. The van der Waals surface area contributed by atoms with Gasteiger partial charge in [0.05, 0.1) is 4.90 Å². The largest absolute Gasteiger partial charge is 0.312 e. The third-order valence-corrected chi connectivity index (χ3v) is 5.79. The molecule has 1 N–H and O–H groups in total. The highest BCUT2D eigenvalue weighted by atomic mass is 35.5. The van der Waals surface area contributed by atoms with Crippen LogP contribution in [0.15, 0.2) is 35.5 Å². The number of aromatic nitrogens is 1. The molecule has 0 bridgehead atoms. The van der Waals surface area contributed by atoms with E-state index in [4.69, 9.17) is 0 Å². The molecule has 1 aromatic heterocycles. The molecule has 120 valence electrons. The third kappa shape index (κ3) is 2.96. The van der Waals surface area contributed by atoms with Crippen LogP contribution in [0.1, 0.15) is 12.5 Å². The fourth-order valence-electron chi connectivity index (χ4n) is 2.84. The number of halogens is 1. The van der Waals surface area contributed by atoms with Crippen molar-refractivity contribution in [2.24, 2.45) is 0 Å². The zero-order chi connectivity index (χ0) is 15.0. The number of rotatable bonds is 2. The molecule has 1 aliphatic rings. The minimum absolute atomic E-state index is 0. The van der Waals surface area contributed by atoms with Gasteiger partial charge in [0.15, 0.2) is 0 Å². The van der Waals surface area contributed by atoms with Gasteiger partial charge in [0.25, 0.3) is 0 Å². The predicted octanol–water partition coefficient (Wildman–Crippen LogP) is 1.95. The van der Waals surface area contributed by atoms with Crippen LogP contribution in [-0.4, -0.2) is 43.4 Å². The van der Waals surface area contributed by atoms with Gasteiger partial charge in [-0.05, 0) is 25.5 Å². The zero-order valence-electron chi connectivity index (χ0n) is 12.6. The highest BCUT2D eigenvalue weighted by Gasteiger charge is 2.30. The Morgan fingerprint density at radius 2 is 2.09 bits per heavy atom. The van der Waals surface area contributed by atoms with Gasteiger partial charge in [-0.15, -0.1) is 12.4 Å². The summed E-state index contributed by atoms with van der Waals surface area (Å²) in [5.74, 6) is 0. The van der Waals surface area contributed by atoms with Crippen LogP contribution in [-0.2, 0) is 10.0 Å². The van der Waals surface area contributed by atoms with Crippen LogP contribution in [0.25, 0.3) is 10.8 Å². The van der Waals surface area contributed by atoms with Gasteiger partial charge in [-0.25, -0.2) is 8.42 Å². The molecule has 1 fully saturated rings. The Morgan fingerprint density at radius 3 is 2.82 bits per heavy atom. The minimum atomic E-state index is -3.48. The fraction of sp³-hybridized carbons (Fsp3) is 0.400. The lowest BCUT2D eigenvalue weighted by molar-refractivity contribution is 0.310. The number of piperazine rings is 1. The summed E-state index contributed by atoms with van der Waals surface area (Å²) in [6.07, 6.45) is 3.42. The highest BCUT2D eigenvalue weighted by Crippen LogP contribution is 2.28. The standard InChI is InChI=1S/C15H19N3O2S.ClH/c1-11-8-16-9-13-4-3-5-14(15(11)13)21(19,20)18-7-6-17-12(2)10-18;/h3-5,8-9,12,17H,6-7,10H2,1-2H3;1H/t12-;/m1./s1. The minimum Gasteiger partial charge on any atom is -0.312 e. The Morgan fingerprint density at radius 1 is 1.32 bits per heavy atom. The molecule has 1 atom stereocenters. The molecule has 0 aliphatic carbocycles. The van der Waals surface area contributed by atoms with Crippen molar-refractivity contribution in [3.05, 3.63) is 36.2 Å². The molecule has 1 saturated heterocycles. The molecule has 0 radical (unpaired) electrons. The average molecular weight is 342 g/mol. The van der Waals surface area contributed by atoms with Crippen molar-refractivity contribution in [1.82, 2.24) is 14.6 Å². The Balaban J connectivity index is 0.00000176. The second-order valence-electron chi connectivity index (χ2n) is 5.53. The van der Waals surface area contributed by atoms with E-state index in [9.17, 15) is 8.42 Å². The number of hydrogen-bond donors (Lipinski definition) is 1. The third-order valence-electron chi connectivity index (χ3n) is 3.88. The van der Waals surface area contributed by atoms with Crippen LogP contribution in [0, 0.1) is 6.92 Å². The number of fused-ring (bicyclic) bond motifs is 1. The predicted molar refractivity (Wildman–Crippen MR) is 90.0 cm³/mol. The molecule has 0 amide bonds. The van der Waals surface area contributed by atoms with Crippen LogP contribution in [0.3, 0.4) is 0 Å². The number of sulfonamides is 1. The van der Waals surface area contributed by atoms with Gasteiger partial charge in [-0.1, -0.05) is 12.1 Å². The maximum atomic E-state index is 13.0. The van der Waals surface area contributed by atoms with Crippen LogP contribution in [0.2, 0.25) is 0 Å². The normalized spacial score (nSPS) is 19.8. The molecule has 1 aromatic carbocycles. The summed E-state index contributed by atoms with van der Waals surface area (Å²) in [6.45, 7) is 5.59. The number of pyridine rings is 1. The fourth-order valence-corrected chi connectivity index (χ4v) is 4.66. The zero-order valence-corrected chi connectivity index (χ0v) is 14.2. The van der Waals surface area contributed by atoms with E-state index in [-0.39, 0.29) is 18.4 Å². The summed E-state index contributed by atoms with van der Waals surface area (Å²) in [4.78, 5) is 4.53. The van der Waals surface area contributed by atoms with Crippen molar-refractivity contribution in [2.75, 3.05) is 19.6 Å². The molecule has 0 unspecified atom stereocenters. The van der Waals surface area contributed by atoms with E-state index in [0.29, 0.717) is 24.5 Å². The number of benzene rings is 1. The number of hydrogen-bond acceptors (Lipinski definition) is 4. The second kappa shape index (κ2) is 6.50. The lowest BCUT2D eigenvalue weighted by atomic mass is 10.1. The first-order valence-electron chi connectivity index (χ1n) is 7.07. The highest BCUT2D eigenvalue weighted by molar-refractivity contribution is 7.89. The van der Waals surface area contributed by atoms with Crippen molar-refractivity contribution in [3.63, 3.8) is 0 Å². The van der Waals surface area contributed by atoms with Crippen molar-refractivity contribution in [3.8, 4) is 0 Å². The Hall–Kier alpha value is -1.21. The molecule has 2 heterocycles. The van der Waals surface area contributed by atoms with Gasteiger partial charge < -0.3 is 5.32 Å². The van der Waals surface area contributed by atoms with E-state index in [2.05, 4.69) is 10.3 Å². The van der Waals surface area contributed by atoms with Crippen LogP contribution in [0.5, 0.6) is 0 Å². The van der Waals surface area contributed by atoms with E-state index in [1.807, 2.05) is 19.9 Å². The Bertz CT molecular complexity index is 774. The number of nitrogens with one attached hydrogen (secondary N) is 1. The van der Waals surface area contributed by atoms with Crippen molar-refractivity contribution < 1.29 is 8.42 Å². The number of nitrogens with zero attached hydrogens (tertiary/aromatic N) is 2. The molecule has 0 saturated carbocycles. The molecular formula is C15H20ClN3O2S. The molecule has 1 aliphatic heterocycles. The summed E-state index contributed by atoms with van der Waals surface area (Å²) in [7, 11) is -3.48. The summed E-state index contributed by atoms with van der Waals surface area (Å²) < 4.78 is 27.5. The second-order valence-corrected chi connectivity index (χ2v) is 7.44. The molecule has 2 aromatic rings. The molecule has 0 spiro atoms. The van der Waals surface area contributed by atoms with Crippen LogP contribution in [0.4, 0.5) is 0 Å². The van der Waals surface area contributed by atoms with E-state index in [1.54, 1.807) is 28.8 Å². The van der Waals surface area contributed by atoms with E-state index >= 15 is 0 Å².